The fourth-order valence-corrected chi connectivity index (χ4v) is 2.37. The number of nitriles is 1. The fourth-order valence-electron chi connectivity index (χ4n) is 2.37. The minimum atomic E-state index is 0.665. The summed E-state index contributed by atoms with van der Waals surface area (Å²) in [6, 6.07) is 12.5. The Hall–Kier alpha value is -2.21. The molecule has 0 radical (unpaired) electrons. The van der Waals surface area contributed by atoms with Gasteiger partial charge < -0.3 is 10.3 Å². The van der Waals surface area contributed by atoms with Crippen LogP contribution in [0.2, 0.25) is 0 Å². The highest BCUT2D eigenvalue weighted by molar-refractivity contribution is 5.52. The van der Waals surface area contributed by atoms with Crippen molar-refractivity contribution < 1.29 is 0 Å². The van der Waals surface area contributed by atoms with Crippen molar-refractivity contribution >= 4 is 5.69 Å². The molecule has 1 aromatic carbocycles. The third kappa shape index (κ3) is 3.03. The van der Waals surface area contributed by atoms with E-state index in [1.165, 1.54) is 11.1 Å². The summed E-state index contributed by atoms with van der Waals surface area (Å²) in [5, 5.41) is 9.23. The first-order chi connectivity index (χ1) is 9.65. The van der Waals surface area contributed by atoms with Crippen LogP contribution in [-0.2, 0) is 13.0 Å². The van der Waals surface area contributed by atoms with Crippen LogP contribution in [-0.4, -0.2) is 4.57 Å². The monoisotopic (exact) mass is 267 g/mol. The van der Waals surface area contributed by atoms with E-state index in [0.717, 1.165) is 37.2 Å². The van der Waals surface area contributed by atoms with Crippen LogP contribution >= 0.6 is 0 Å². The van der Waals surface area contributed by atoms with Gasteiger partial charge in [0.2, 0.25) is 0 Å². The second kappa shape index (κ2) is 6.29. The number of hydrogen-bond acceptors (Lipinski definition) is 2. The molecule has 2 N–H and O–H groups in total. The Balaban J connectivity index is 2.32. The van der Waals surface area contributed by atoms with Crippen LogP contribution in [0.3, 0.4) is 0 Å². The summed E-state index contributed by atoms with van der Waals surface area (Å²) in [5.74, 6) is 0. The zero-order valence-electron chi connectivity index (χ0n) is 12.2. The Bertz CT molecular complexity index is 615. The van der Waals surface area contributed by atoms with Gasteiger partial charge in [-0.25, -0.2) is 0 Å². The topological polar surface area (TPSA) is 54.7 Å². The van der Waals surface area contributed by atoms with Crippen LogP contribution in [0.15, 0.2) is 30.3 Å². The number of anilines is 1. The Kier molecular flexibility index (Phi) is 4.47. The van der Waals surface area contributed by atoms with Crippen LogP contribution in [0.1, 0.15) is 42.3 Å². The molecule has 0 aliphatic rings. The normalized spacial score (nSPS) is 10.4. The first kappa shape index (κ1) is 14.2. The molecule has 0 saturated carbocycles. The fraction of sp³-hybridized carbons (Fsp3) is 0.353. The molecular formula is C17H21N3. The number of aryl methyl sites for hydroxylation is 1. The van der Waals surface area contributed by atoms with Crippen molar-refractivity contribution in [3.05, 3.63) is 52.8 Å². The highest BCUT2D eigenvalue weighted by Crippen LogP contribution is 2.22. The summed E-state index contributed by atoms with van der Waals surface area (Å²) in [5.41, 5.74) is 11.0. The average Bonchev–Trinajstić information content (AvgIpc) is 2.75. The summed E-state index contributed by atoms with van der Waals surface area (Å²) in [4.78, 5) is 0. The Morgan fingerprint density at radius 3 is 2.55 bits per heavy atom. The average molecular weight is 267 g/mol. The van der Waals surface area contributed by atoms with E-state index in [9.17, 15) is 5.26 Å². The molecule has 0 amide bonds. The first-order valence-electron chi connectivity index (χ1n) is 7.09. The second-order valence-corrected chi connectivity index (χ2v) is 5.21. The van der Waals surface area contributed by atoms with Crippen LogP contribution in [0.25, 0.3) is 0 Å². The Morgan fingerprint density at radius 2 is 1.95 bits per heavy atom. The maximum atomic E-state index is 9.23. The Labute approximate surface area is 120 Å². The zero-order valence-corrected chi connectivity index (χ0v) is 12.2. The number of benzene rings is 1. The SMILES string of the molecule is CCCCn1c(C#N)cc(N)c1Cc1ccc(C)cc1. The lowest BCUT2D eigenvalue weighted by atomic mass is 10.1. The molecule has 3 heteroatoms. The van der Waals surface area contributed by atoms with E-state index in [-0.39, 0.29) is 0 Å². The van der Waals surface area contributed by atoms with Gasteiger partial charge in [-0.05, 0) is 25.0 Å². The molecule has 2 rings (SSSR count). The molecule has 0 spiro atoms. The van der Waals surface area contributed by atoms with Crippen molar-refractivity contribution in [2.24, 2.45) is 0 Å². The van der Waals surface area contributed by atoms with E-state index in [4.69, 9.17) is 5.73 Å². The van der Waals surface area contributed by atoms with Crippen LogP contribution in [0.4, 0.5) is 5.69 Å². The van der Waals surface area contributed by atoms with Gasteiger partial charge in [-0.15, -0.1) is 0 Å². The summed E-state index contributed by atoms with van der Waals surface area (Å²) in [7, 11) is 0. The van der Waals surface area contributed by atoms with Crippen LogP contribution in [0, 0.1) is 18.3 Å². The highest BCUT2D eigenvalue weighted by atomic mass is 15.0. The van der Waals surface area contributed by atoms with Crippen LogP contribution in [0.5, 0.6) is 0 Å². The second-order valence-electron chi connectivity index (χ2n) is 5.21. The maximum absolute atomic E-state index is 9.23. The standard InChI is InChI=1S/C17H21N3/c1-3-4-9-20-15(12-18)11-16(19)17(20)10-14-7-5-13(2)6-8-14/h5-8,11H,3-4,9-10,19H2,1-2H3. The molecule has 20 heavy (non-hydrogen) atoms. The summed E-state index contributed by atoms with van der Waals surface area (Å²) in [6.07, 6.45) is 2.94. The molecule has 0 bridgehead atoms. The Morgan fingerprint density at radius 1 is 1.25 bits per heavy atom. The number of nitrogens with two attached hydrogens (primary N) is 1. The van der Waals surface area contributed by atoms with Gasteiger partial charge >= 0.3 is 0 Å². The van der Waals surface area contributed by atoms with Gasteiger partial charge in [-0.1, -0.05) is 43.2 Å². The van der Waals surface area contributed by atoms with Crippen molar-refractivity contribution in [2.45, 2.75) is 39.7 Å². The molecular weight excluding hydrogens is 246 g/mol. The lowest BCUT2D eigenvalue weighted by Gasteiger charge is -2.11. The molecule has 0 saturated heterocycles. The summed E-state index contributed by atoms with van der Waals surface area (Å²) in [6.45, 7) is 5.09. The third-order valence-corrected chi connectivity index (χ3v) is 3.58. The van der Waals surface area contributed by atoms with Gasteiger partial charge in [0.25, 0.3) is 0 Å². The molecule has 1 heterocycles. The van der Waals surface area contributed by atoms with Crippen molar-refractivity contribution in [3.63, 3.8) is 0 Å². The minimum absolute atomic E-state index is 0.665. The van der Waals surface area contributed by atoms with Gasteiger partial charge in [-0.2, -0.15) is 5.26 Å². The lowest BCUT2D eigenvalue weighted by Crippen LogP contribution is -2.07. The minimum Gasteiger partial charge on any atom is -0.397 e. The van der Waals surface area contributed by atoms with Gasteiger partial charge in [0.1, 0.15) is 11.8 Å². The maximum Gasteiger partial charge on any atom is 0.122 e. The van der Waals surface area contributed by atoms with Crippen molar-refractivity contribution in [1.82, 2.24) is 4.57 Å². The smallest absolute Gasteiger partial charge is 0.122 e. The first-order valence-corrected chi connectivity index (χ1v) is 7.09. The quantitative estimate of drug-likeness (QED) is 0.899. The van der Waals surface area contributed by atoms with E-state index in [1.807, 2.05) is 0 Å². The van der Waals surface area contributed by atoms with Gasteiger partial charge in [-0.3, -0.25) is 0 Å². The third-order valence-electron chi connectivity index (χ3n) is 3.58. The molecule has 0 atom stereocenters. The predicted octanol–water partition coefficient (Wildman–Crippen LogP) is 3.64. The van der Waals surface area contributed by atoms with E-state index in [0.29, 0.717) is 5.69 Å². The number of rotatable bonds is 5. The van der Waals surface area contributed by atoms with Gasteiger partial charge in [0, 0.05) is 18.7 Å². The van der Waals surface area contributed by atoms with E-state index in [1.54, 1.807) is 6.07 Å². The van der Waals surface area contributed by atoms with Crippen molar-refractivity contribution in [3.8, 4) is 6.07 Å². The number of nitrogen functional groups attached to an aromatic ring is 1. The number of unbranched alkanes of at least 4 members (excludes halogenated alkanes) is 1. The molecule has 2 aromatic rings. The van der Waals surface area contributed by atoms with Gasteiger partial charge in [0.05, 0.1) is 5.69 Å². The highest BCUT2D eigenvalue weighted by Gasteiger charge is 2.13. The number of nitrogens with zero attached hydrogens (tertiary/aromatic N) is 2. The van der Waals surface area contributed by atoms with E-state index in [2.05, 4.69) is 48.7 Å². The van der Waals surface area contributed by atoms with E-state index >= 15 is 0 Å². The molecule has 3 nitrogen and oxygen atoms in total. The number of hydrogen-bond donors (Lipinski definition) is 1. The molecule has 1 aromatic heterocycles. The summed E-state index contributed by atoms with van der Waals surface area (Å²) < 4.78 is 2.07. The molecule has 0 aliphatic heterocycles. The predicted molar refractivity (Wildman–Crippen MR) is 82.5 cm³/mol. The van der Waals surface area contributed by atoms with Crippen LogP contribution < -0.4 is 5.73 Å². The molecule has 0 fully saturated rings. The van der Waals surface area contributed by atoms with Crippen molar-refractivity contribution in [1.29, 1.82) is 5.26 Å². The van der Waals surface area contributed by atoms with Crippen molar-refractivity contribution in [2.75, 3.05) is 5.73 Å². The molecule has 0 unspecified atom stereocenters. The summed E-state index contributed by atoms with van der Waals surface area (Å²) >= 11 is 0. The molecule has 0 aliphatic carbocycles. The van der Waals surface area contributed by atoms with Gasteiger partial charge in [0.15, 0.2) is 0 Å². The lowest BCUT2D eigenvalue weighted by molar-refractivity contribution is 0.611. The molecule has 104 valence electrons. The zero-order chi connectivity index (χ0) is 14.5. The largest absolute Gasteiger partial charge is 0.397 e. The van der Waals surface area contributed by atoms with E-state index < -0.39 is 0 Å². The number of aromatic nitrogens is 1.